The third kappa shape index (κ3) is 5.91. The number of hydrogen-bond donors (Lipinski definition) is 1. The van der Waals surface area contributed by atoms with Gasteiger partial charge < -0.3 is 9.64 Å². The highest BCUT2D eigenvalue weighted by Gasteiger charge is 2.33. The van der Waals surface area contributed by atoms with Crippen molar-refractivity contribution >= 4 is 32.9 Å². The van der Waals surface area contributed by atoms with Crippen molar-refractivity contribution in [2.24, 2.45) is 4.36 Å². The number of benzene rings is 3. The summed E-state index contributed by atoms with van der Waals surface area (Å²) in [7, 11) is -2.03. The van der Waals surface area contributed by atoms with Gasteiger partial charge in [-0.1, -0.05) is 48.0 Å². The second-order valence-electron chi connectivity index (χ2n) is 8.00. The van der Waals surface area contributed by atoms with Gasteiger partial charge in [-0.3, -0.25) is 0 Å². The number of hydrogen-bond acceptors (Lipinski definition) is 4. The van der Waals surface area contributed by atoms with Gasteiger partial charge in [-0.25, -0.2) is 13.3 Å². The number of alkyl halides is 3. The van der Waals surface area contributed by atoms with Crippen molar-refractivity contribution in [2.75, 3.05) is 25.0 Å². The van der Waals surface area contributed by atoms with Gasteiger partial charge in [0.1, 0.15) is 20.6 Å². The SMILES string of the molecule is CN=S(=O)(NCCCN1c2ccccc2CCc2ccc(Cl)cc21)c1ccccc1OC(F)(F)F. The molecular formula is C25H25ClF3N3O2S. The molecule has 0 radical (unpaired) electrons. The fraction of sp³-hybridized carbons (Fsp3) is 0.280. The summed E-state index contributed by atoms with van der Waals surface area (Å²) >= 11 is 6.31. The summed E-state index contributed by atoms with van der Waals surface area (Å²) in [4.78, 5) is 2.05. The Labute approximate surface area is 208 Å². The molecule has 1 aliphatic rings. The molecule has 1 atom stereocenters. The molecule has 0 fully saturated rings. The van der Waals surface area contributed by atoms with Crippen LogP contribution in [0.4, 0.5) is 24.5 Å². The molecule has 0 amide bonds. The van der Waals surface area contributed by atoms with Crippen LogP contribution in [0.25, 0.3) is 0 Å². The molecule has 1 aliphatic heterocycles. The number of fused-ring (bicyclic) bond motifs is 2. The highest BCUT2D eigenvalue weighted by molar-refractivity contribution is 7.91. The van der Waals surface area contributed by atoms with Gasteiger partial charge in [0.15, 0.2) is 0 Å². The van der Waals surface area contributed by atoms with Gasteiger partial charge in [-0.2, -0.15) is 0 Å². The third-order valence-electron chi connectivity index (χ3n) is 5.77. The zero-order valence-corrected chi connectivity index (χ0v) is 20.6. The van der Waals surface area contributed by atoms with Gasteiger partial charge in [0.25, 0.3) is 0 Å². The minimum Gasteiger partial charge on any atom is -0.404 e. The predicted octanol–water partition coefficient (Wildman–Crippen LogP) is 6.53. The fourth-order valence-electron chi connectivity index (χ4n) is 4.20. The topological polar surface area (TPSA) is 53.9 Å². The zero-order chi connectivity index (χ0) is 25.1. The summed E-state index contributed by atoms with van der Waals surface area (Å²) in [6, 6.07) is 19.4. The number of nitrogens with zero attached hydrogens (tertiary/aromatic N) is 2. The Morgan fingerprint density at radius 3 is 2.46 bits per heavy atom. The van der Waals surface area contributed by atoms with Crippen molar-refractivity contribution in [3.8, 4) is 5.75 Å². The van der Waals surface area contributed by atoms with Crippen LogP contribution in [0.1, 0.15) is 17.5 Å². The molecule has 10 heteroatoms. The van der Waals surface area contributed by atoms with E-state index < -0.39 is 22.0 Å². The molecule has 0 saturated heterocycles. The Morgan fingerprint density at radius 1 is 1.03 bits per heavy atom. The maximum atomic E-state index is 13.5. The number of rotatable bonds is 7. The predicted molar refractivity (Wildman–Crippen MR) is 133 cm³/mol. The number of anilines is 2. The van der Waals surface area contributed by atoms with Gasteiger partial charge in [-0.15, -0.1) is 13.2 Å². The van der Waals surface area contributed by atoms with E-state index in [1.807, 2.05) is 30.3 Å². The monoisotopic (exact) mass is 523 g/mol. The van der Waals surface area contributed by atoms with Gasteiger partial charge in [0, 0.05) is 36.5 Å². The quantitative estimate of drug-likeness (QED) is 0.358. The van der Waals surface area contributed by atoms with E-state index in [0.29, 0.717) is 18.0 Å². The summed E-state index contributed by atoms with van der Waals surface area (Å²) in [5.74, 6) is -0.534. The normalized spacial score (nSPS) is 14.9. The summed E-state index contributed by atoms with van der Waals surface area (Å²) in [6.45, 7) is 0.836. The molecule has 0 aliphatic carbocycles. The second kappa shape index (κ2) is 10.5. The summed E-state index contributed by atoms with van der Waals surface area (Å²) in [5.41, 5.74) is 4.51. The van der Waals surface area contributed by atoms with Gasteiger partial charge in [0.05, 0.1) is 0 Å². The average molecular weight is 524 g/mol. The Balaban J connectivity index is 1.53. The summed E-state index contributed by atoms with van der Waals surface area (Å²) in [6.07, 6.45) is -2.57. The molecule has 4 rings (SSSR count). The highest BCUT2D eigenvalue weighted by Crippen LogP contribution is 2.37. The van der Waals surface area contributed by atoms with Crippen LogP contribution in [0.5, 0.6) is 5.75 Å². The molecule has 0 spiro atoms. The van der Waals surface area contributed by atoms with E-state index in [1.165, 1.54) is 36.4 Å². The number of nitrogens with one attached hydrogen (secondary N) is 1. The molecule has 3 aromatic rings. The largest absolute Gasteiger partial charge is 0.573 e. The lowest BCUT2D eigenvalue weighted by Gasteiger charge is -2.27. The van der Waals surface area contributed by atoms with E-state index in [1.54, 1.807) is 0 Å². The van der Waals surface area contributed by atoms with Crippen LogP contribution < -0.4 is 14.4 Å². The van der Waals surface area contributed by atoms with Crippen LogP contribution in [0.15, 0.2) is 76.0 Å². The van der Waals surface area contributed by atoms with Crippen LogP contribution in [-0.4, -0.2) is 30.7 Å². The lowest BCUT2D eigenvalue weighted by atomic mass is 10.0. The Bertz CT molecular complexity index is 1320. The van der Waals surface area contributed by atoms with E-state index in [2.05, 4.69) is 30.9 Å². The molecule has 0 bridgehead atoms. The molecular weight excluding hydrogens is 499 g/mol. The van der Waals surface area contributed by atoms with E-state index >= 15 is 0 Å². The van der Waals surface area contributed by atoms with Crippen molar-refractivity contribution < 1.29 is 22.1 Å². The van der Waals surface area contributed by atoms with Gasteiger partial charge >= 0.3 is 6.36 Å². The summed E-state index contributed by atoms with van der Waals surface area (Å²) in [5, 5.41) is 0.639. The Hall–Kier alpha value is -2.75. The second-order valence-corrected chi connectivity index (χ2v) is 10.6. The van der Waals surface area contributed by atoms with Crippen LogP contribution >= 0.6 is 11.6 Å². The maximum Gasteiger partial charge on any atom is 0.573 e. The molecule has 5 nitrogen and oxygen atoms in total. The molecule has 0 saturated carbocycles. The van der Waals surface area contributed by atoms with Crippen molar-refractivity contribution in [3.63, 3.8) is 0 Å². The Morgan fingerprint density at radius 2 is 1.71 bits per heavy atom. The molecule has 35 heavy (non-hydrogen) atoms. The summed E-state index contributed by atoms with van der Waals surface area (Å²) < 4.78 is 62.9. The first-order valence-corrected chi connectivity index (χ1v) is 13.0. The van der Waals surface area contributed by atoms with Crippen molar-refractivity contribution in [1.82, 2.24) is 4.72 Å². The number of aryl methyl sites for hydroxylation is 2. The lowest BCUT2D eigenvalue weighted by molar-refractivity contribution is -0.275. The van der Waals surface area contributed by atoms with E-state index in [-0.39, 0.29) is 11.4 Å². The molecule has 186 valence electrons. The minimum atomic E-state index is -4.90. The van der Waals surface area contributed by atoms with Gasteiger partial charge in [0.2, 0.25) is 0 Å². The molecule has 1 unspecified atom stereocenters. The van der Waals surface area contributed by atoms with Crippen LogP contribution in [0.2, 0.25) is 5.02 Å². The van der Waals surface area contributed by atoms with Crippen LogP contribution in [-0.2, 0) is 22.8 Å². The molecule has 0 aromatic heterocycles. The first-order valence-electron chi connectivity index (χ1n) is 11.1. The first-order chi connectivity index (χ1) is 16.7. The average Bonchev–Trinajstić information content (AvgIpc) is 2.97. The molecule has 1 N–H and O–H groups in total. The third-order valence-corrected chi connectivity index (χ3v) is 8.05. The first kappa shape index (κ1) is 25.3. The zero-order valence-electron chi connectivity index (χ0n) is 19.0. The molecule has 1 heterocycles. The van der Waals surface area contributed by atoms with E-state index in [9.17, 15) is 17.4 Å². The van der Waals surface area contributed by atoms with Crippen LogP contribution in [0.3, 0.4) is 0 Å². The standard InChI is InChI=1S/C25H25ClF3N3O2S/c1-30-35(33,24-10-5-4-9-23(24)34-25(27,28)29)31-15-6-16-32-21-8-3-2-7-18(21)11-12-19-13-14-20(26)17-22(19)32/h2-5,7-10,13-14,17H,6,11-12,15-16H2,1H3,(H,30,31,33). The molecule has 3 aromatic carbocycles. The van der Waals surface area contributed by atoms with Crippen molar-refractivity contribution in [1.29, 1.82) is 0 Å². The Kier molecular flexibility index (Phi) is 7.59. The van der Waals surface area contributed by atoms with Gasteiger partial charge in [-0.05, 0) is 60.7 Å². The fourth-order valence-corrected chi connectivity index (χ4v) is 5.92. The van der Waals surface area contributed by atoms with Crippen molar-refractivity contribution in [3.05, 3.63) is 82.9 Å². The van der Waals surface area contributed by atoms with E-state index in [0.717, 1.165) is 30.3 Å². The highest BCUT2D eigenvalue weighted by atomic mass is 35.5. The number of para-hydroxylation sites is 2. The minimum absolute atomic E-state index is 0.142. The number of halogens is 4. The van der Waals surface area contributed by atoms with Crippen LogP contribution in [0, 0.1) is 0 Å². The van der Waals surface area contributed by atoms with Crippen molar-refractivity contribution in [2.45, 2.75) is 30.5 Å². The lowest BCUT2D eigenvalue weighted by Crippen LogP contribution is -2.29. The number of ether oxygens (including phenoxy) is 1. The maximum absolute atomic E-state index is 13.5. The van der Waals surface area contributed by atoms with E-state index in [4.69, 9.17) is 11.6 Å². The smallest absolute Gasteiger partial charge is 0.404 e.